The highest BCUT2D eigenvalue weighted by Gasteiger charge is 2.42. The molecule has 0 radical (unpaired) electrons. The predicted molar refractivity (Wildman–Crippen MR) is 108 cm³/mol. The third kappa shape index (κ3) is 2.97. The second kappa shape index (κ2) is 7.34. The minimum atomic E-state index is 0.00581. The molecule has 3 aliphatic rings. The van der Waals surface area contributed by atoms with Gasteiger partial charge in [-0.3, -0.25) is 4.90 Å². The summed E-state index contributed by atoms with van der Waals surface area (Å²) in [6.45, 7) is 4.64. The Morgan fingerprint density at radius 2 is 1.69 bits per heavy atom. The first-order valence-electron chi connectivity index (χ1n) is 10.3. The molecule has 0 amide bonds. The summed E-state index contributed by atoms with van der Waals surface area (Å²) in [6.07, 6.45) is 2.44. The SMILES string of the molecule is COc1cccc([C@H]2c3cc4c(cc3O[C@H](N3CCCC3)[C@@H]2C)OCO4)c1OC. The lowest BCUT2D eigenvalue weighted by molar-refractivity contribution is -0.0180. The first kappa shape index (κ1) is 18.4. The Morgan fingerprint density at radius 1 is 0.931 bits per heavy atom. The van der Waals surface area contributed by atoms with E-state index in [0.717, 1.165) is 53.0 Å². The van der Waals surface area contributed by atoms with E-state index in [4.69, 9.17) is 23.7 Å². The van der Waals surface area contributed by atoms with Crippen molar-refractivity contribution in [2.24, 2.45) is 5.92 Å². The largest absolute Gasteiger partial charge is 0.493 e. The van der Waals surface area contributed by atoms with Crippen molar-refractivity contribution in [3.63, 3.8) is 0 Å². The highest BCUT2D eigenvalue weighted by molar-refractivity contribution is 5.59. The van der Waals surface area contributed by atoms with Gasteiger partial charge >= 0.3 is 0 Å². The molecule has 5 rings (SSSR count). The second-order valence-corrected chi connectivity index (χ2v) is 7.91. The molecule has 1 fully saturated rings. The minimum absolute atomic E-state index is 0.00581. The second-order valence-electron chi connectivity index (χ2n) is 7.91. The Balaban J connectivity index is 1.67. The number of rotatable bonds is 4. The van der Waals surface area contributed by atoms with E-state index in [1.807, 2.05) is 18.2 Å². The lowest BCUT2D eigenvalue weighted by atomic mass is 9.77. The van der Waals surface area contributed by atoms with Gasteiger partial charge in [0.1, 0.15) is 5.75 Å². The summed E-state index contributed by atoms with van der Waals surface area (Å²) in [5, 5.41) is 0. The van der Waals surface area contributed by atoms with Crippen molar-refractivity contribution in [3.8, 4) is 28.7 Å². The van der Waals surface area contributed by atoms with E-state index in [1.165, 1.54) is 12.8 Å². The van der Waals surface area contributed by atoms with Gasteiger partial charge in [0.15, 0.2) is 29.2 Å². The predicted octanol–water partition coefficient (Wildman–Crippen LogP) is 4.01. The Bertz CT molecular complexity index is 908. The quantitative estimate of drug-likeness (QED) is 0.777. The molecule has 0 N–H and O–H groups in total. The van der Waals surface area contributed by atoms with Gasteiger partial charge in [0.2, 0.25) is 6.79 Å². The van der Waals surface area contributed by atoms with E-state index in [2.05, 4.69) is 24.0 Å². The molecule has 1 saturated heterocycles. The fourth-order valence-corrected chi connectivity index (χ4v) is 4.98. The Kier molecular flexibility index (Phi) is 4.66. The third-order valence-corrected chi connectivity index (χ3v) is 6.33. The Labute approximate surface area is 171 Å². The highest BCUT2D eigenvalue weighted by Crippen LogP contribution is 2.52. The molecule has 3 heterocycles. The summed E-state index contributed by atoms with van der Waals surface area (Å²) >= 11 is 0. The van der Waals surface area contributed by atoms with E-state index >= 15 is 0 Å². The van der Waals surface area contributed by atoms with E-state index in [1.54, 1.807) is 14.2 Å². The van der Waals surface area contributed by atoms with Crippen LogP contribution >= 0.6 is 0 Å². The number of ether oxygens (including phenoxy) is 5. The Hall–Kier alpha value is -2.60. The molecule has 29 heavy (non-hydrogen) atoms. The van der Waals surface area contributed by atoms with E-state index in [9.17, 15) is 0 Å². The molecule has 6 heteroatoms. The summed E-state index contributed by atoms with van der Waals surface area (Å²) in [4.78, 5) is 2.46. The van der Waals surface area contributed by atoms with Crippen LogP contribution in [-0.2, 0) is 0 Å². The molecule has 154 valence electrons. The van der Waals surface area contributed by atoms with Gasteiger partial charge in [-0.05, 0) is 25.0 Å². The number of benzene rings is 2. The van der Waals surface area contributed by atoms with E-state index < -0.39 is 0 Å². The fourth-order valence-electron chi connectivity index (χ4n) is 4.98. The minimum Gasteiger partial charge on any atom is -0.493 e. The number of para-hydroxylation sites is 1. The van der Waals surface area contributed by atoms with Gasteiger partial charge in [-0.25, -0.2) is 0 Å². The first-order chi connectivity index (χ1) is 14.2. The van der Waals surface area contributed by atoms with Crippen LogP contribution in [0.5, 0.6) is 28.7 Å². The fraction of sp³-hybridized carbons (Fsp3) is 0.478. The van der Waals surface area contributed by atoms with Gasteiger partial charge in [0.05, 0.1) is 14.2 Å². The van der Waals surface area contributed by atoms with E-state index in [-0.39, 0.29) is 24.9 Å². The number of nitrogens with zero attached hydrogens (tertiary/aromatic N) is 1. The molecule has 3 aliphatic heterocycles. The van der Waals surface area contributed by atoms with Gasteiger partial charge in [-0.15, -0.1) is 0 Å². The lowest BCUT2D eigenvalue weighted by Crippen LogP contribution is -2.47. The summed E-state index contributed by atoms with van der Waals surface area (Å²) in [6, 6.07) is 10.1. The zero-order valence-corrected chi connectivity index (χ0v) is 17.1. The van der Waals surface area contributed by atoms with Gasteiger partial charge in [0, 0.05) is 42.1 Å². The van der Waals surface area contributed by atoms with Crippen LogP contribution in [0.1, 0.15) is 36.8 Å². The smallest absolute Gasteiger partial charge is 0.231 e. The molecule has 0 spiro atoms. The molecular weight excluding hydrogens is 370 g/mol. The van der Waals surface area contributed by atoms with Crippen LogP contribution < -0.4 is 23.7 Å². The molecule has 0 bridgehead atoms. The lowest BCUT2D eigenvalue weighted by Gasteiger charge is -2.42. The van der Waals surface area contributed by atoms with Crippen LogP contribution in [0.3, 0.4) is 0 Å². The Morgan fingerprint density at radius 3 is 2.41 bits per heavy atom. The zero-order valence-electron chi connectivity index (χ0n) is 17.1. The normalized spacial score (nSPS) is 25.4. The molecule has 2 aromatic carbocycles. The molecule has 0 aliphatic carbocycles. The van der Waals surface area contributed by atoms with Crippen LogP contribution in [0.2, 0.25) is 0 Å². The molecule has 6 nitrogen and oxygen atoms in total. The van der Waals surface area contributed by atoms with Crippen molar-refractivity contribution in [1.29, 1.82) is 0 Å². The van der Waals surface area contributed by atoms with Crippen LogP contribution in [0, 0.1) is 5.92 Å². The number of hydrogen-bond donors (Lipinski definition) is 0. The summed E-state index contributed by atoms with van der Waals surface area (Å²) < 4.78 is 29.2. The first-order valence-corrected chi connectivity index (χ1v) is 10.3. The molecule has 3 atom stereocenters. The number of hydrogen-bond acceptors (Lipinski definition) is 6. The standard InChI is InChI=1S/C23H27NO5/c1-14-21(15-7-6-8-17(25-2)22(15)26-3)16-11-19-20(28-13-27-19)12-18(16)29-23(14)24-9-4-5-10-24/h6-8,11-12,14,21,23H,4-5,9-10,13H2,1-3H3/t14-,21+,23+/m1/s1. The van der Waals surface area contributed by atoms with Crippen molar-refractivity contribution in [3.05, 3.63) is 41.5 Å². The van der Waals surface area contributed by atoms with Gasteiger partial charge < -0.3 is 23.7 Å². The molecular formula is C23H27NO5. The summed E-state index contributed by atoms with van der Waals surface area (Å²) in [5.74, 6) is 4.20. The van der Waals surface area contributed by atoms with Gasteiger partial charge in [0.25, 0.3) is 0 Å². The third-order valence-electron chi connectivity index (χ3n) is 6.33. The summed E-state index contributed by atoms with van der Waals surface area (Å²) in [7, 11) is 3.37. The maximum absolute atomic E-state index is 6.55. The van der Waals surface area contributed by atoms with Crippen LogP contribution in [0.4, 0.5) is 0 Å². The number of methoxy groups -OCH3 is 2. The monoisotopic (exact) mass is 397 g/mol. The molecule has 2 aromatic rings. The average molecular weight is 397 g/mol. The van der Waals surface area contributed by atoms with Crippen LogP contribution in [-0.4, -0.2) is 45.2 Å². The maximum Gasteiger partial charge on any atom is 0.231 e. The zero-order chi connectivity index (χ0) is 20.0. The van der Waals surface area contributed by atoms with Crippen molar-refractivity contribution in [2.45, 2.75) is 31.9 Å². The van der Waals surface area contributed by atoms with Crippen molar-refractivity contribution in [2.75, 3.05) is 34.1 Å². The van der Waals surface area contributed by atoms with Crippen molar-refractivity contribution < 1.29 is 23.7 Å². The number of likely N-dealkylation sites (tertiary alicyclic amines) is 1. The highest BCUT2D eigenvalue weighted by atomic mass is 16.7. The van der Waals surface area contributed by atoms with Crippen molar-refractivity contribution in [1.82, 2.24) is 4.90 Å². The molecule has 0 unspecified atom stereocenters. The summed E-state index contributed by atoms with van der Waals surface area (Å²) in [5.41, 5.74) is 2.20. The van der Waals surface area contributed by atoms with Crippen LogP contribution in [0.15, 0.2) is 30.3 Å². The van der Waals surface area contributed by atoms with E-state index in [0.29, 0.717) is 0 Å². The molecule has 0 saturated carbocycles. The van der Waals surface area contributed by atoms with Gasteiger partial charge in [-0.2, -0.15) is 0 Å². The molecule has 0 aromatic heterocycles. The maximum atomic E-state index is 6.55. The topological polar surface area (TPSA) is 49.4 Å². The average Bonchev–Trinajstić information content (AvgIpc) is 3.43. The number of fused-ring (bicyclic) bond motifs is 2. The van der Waals surface area contributed by atoms with Crippen LogP contribution in [0.25, 0.3) is 0 Å². The van der Waals surface area contributed by atoms with Crippen molar-refractivity contribution >= 4 is 0 Å². The van der Waals surface area contributed by atoms with Gasteiger partial charge in [-0.1, -0.05) is 19.1 Å².